The molecule has 2 N–H and O–H groups in total. The number of rotatable bonds is 6. The molecular formula is C18H28ClN3O2S. The van der Waals surface area contributed by atoms with Crippen molar-refractivity contribution in [2.24, 2.45) is 5.92 Å². The lowest BCUT2D eigenvalue weighted by Gasteiger charge is -2.27. The highest BCUT2D eigenvalue weighted by molar-refractivity contribution is 7.10. The Morgan fingerprint density at radius 1 is 1.36 bits per heavy atom. The van der Waals surface area contributed by atoms with Gasteiger partial charge in [0.2, 0.25) is 11.8 Å². The van der Waals surface area contributed by atoms with Crippen LogP contribution < -0.4 is 10.6 Å². The van der Waals surface area contributed by atoms with Crippen molar-refractivity contribution in [1.29, 1.82) is 0 Å². The summed E-state index contributed by atoms with van der Waals surface area (Å²) in [5.41, 5.74) is 1.27. The smallest absolute Gasteiger partial charge is 0.223 e. The van der Waals surface area contributed by atoms with E-state index in [1.165, 1.54) is 23.3 Å². The zero-order valence-electron chi connectivity index (χ0n) is 14.6. The van der Waals surface area contributed by atoms with Crippen molar-refractivity contribution in [3.8, 4) is 0 Å². The van der Waals surface area contributed by atoms with E-state index < -0.39 is 0 Å². The Bertz CT molecular complexity index is 572. The summed E-state index contributed by atoms with van der Waals surface area (Å²) in [6, 6.07) is 2.10. The molecule has 1 aromatic heterocycles. The van der Waals surface area contributed by atoms with Crippen molar-refractivity contribution >= 4 is 35.6 Å². The molecule has 0 spiro atoms. The summed E-state index contributed by atoms with van der Waals surface area (Å²) >= 11 is 1.77. The van der Waals surface area contributed by atoms with Crippen molar-refractivity contribution < 1.29 is 9.59 Å². The van der Waals surface area contributed by atoms with E-state index in [1.807, 2.05) is 4.90 Å². The summed E-state index contributed by atoms with van der Waals surface area (Å²) in [5.74, 6) is 0.771. The largest absolute Gasteiger partial charge is 0.356 e. The number of carbonyl (C=O) groups is 2. The lowest BCUT2D eigenvalue weighted by atomic mass is 9.96. The van der Waals surface area contributed by atoms with E-state index in [0.29, 0.717) is 25.3 Å². The quantitative estimate of drug-likeness (QED) is 0.790. The van der Waals surface area contributed by atoms with Crippen LogP contribution in [0, 0.1) is 5.92 Å². The molecule has 1 fully saturated rings. The summed E-state index contributed by atoms with van der Waals surface area (Å²) in [4.78, 5) is 27.5. The highest BCUT2D eigenvalue weighted by atomic mass is 35.5. The van der Waals surface area contributed by atoms with Crippen LogP contribution in [0.15, 0.2) is 11.4 Å². The molecule has 5 nitrogen and oxygen atoms in total. The number of piperidine rings is 1. The fraction of sp³-hybridized carbons (Fsp3) is 0.667. The monoisotopic (exact) mass is 385 g/mol. The Labute approximate surface area is 160 Å². The first kappa shape index (κ1) is 20.2. The van der Waals surface area contributed by atoms with Gasteiger partial charge >= 0.3 is 0 Å². The molecule has 2 amide bonds. The van der Waals surface area contributed by atoms with E-state index in [2.05, 4.69) is 22.1 Å². The molecule has 25 heavy (non-hydrogen) atoms. The second-order valence-electron chi connectivity index (χ2n) is 6.79. The maximum Gasteiger partial charge on any atom is 0.223 e. The van der Waals surface area contributed by atoms with Gasteiger partial charge in [0.1, 0.15) is 0 Å². The number of hydrogen-bond donors (Lipinski definition) is 2. The third-order valence-corrected chi connectivity index (χ3v) is 6.02. The van der Waals surface area contributed by atoms with Crippen LogP contribution in [0.1, 0.15) is 42.5 Å². The average molecular weight is 386 g/mol. The van der Waals surface area contributed by atoms with E-state index in [4.69, 9.17) is 0 Å². The van der Waals surface area contributed by atoms with Gasteiger partial charge in [-0.1, -0.05) is 0 Å². The molecule has 1 unspecified atom stereocenters. The number of halogens is 1. The van der Waals surface area contributed by atoms with Crippen LogP contribution in [0.25, 0.3) is 0 Å². The van der Waals surface area contributed by atoms with Crippen LogP contribution in [0.5, 0.6) is 0 Å². The van der Waals surface area contributed by atoms with E-state index in [9.17, 15) is 9.59 Å². The summed E-state index contributed by atoms with van der Waals surface area (Å²) in [6.07, 6.45) is 5.07. The lowest BCUT2D eigenvalue weighted by molar-refractivity contribution is -0.134. The molecule has 1 atom stereocenters. The zero-order valence-corrected chi connectivity index (χ0v) is 16.2. The summed E-state index contributed by atoms with van der Waals surface area (Å²) in [7, 11) is 0. The van der Waals surface area contributed by atoms with Gasteiger partial charge in [-0.3, -0.25) is 9.59 Å². The molecule has 2 aliphatic heterocycles. The number of nitrogens with zero attached hydrogens (tertiary/aromatic N) is 1. The molecule has 0 saturated carbocycles. The second kappa shape index (κ2) is 10.1. The van der Waals surface area contributed by atoms with E-state index in [-0.39, 0.29) is 24.2 Å². The first-order valence-electron chi connectivity index (χ1n) is 9.03. The summed E-state index contributed by atoms with van der Waals surface area (Å²) in [6.45, 7) is 4.39. The minimum atomic E-state index is 0. The minimum Gasteiger partial charge on any atom is -0.356 e. The summed E-state index contributed by atoms with van der Waals surface area (Å²) in [5, 5.41) is 8.45. The molecule has 0 bridgehead atoms. The van der Waals surface area contributed by atoms with Gasteiger partial charge in [-0.2, -0.15) is 0 Å². The molecule has 1 saturated heterocycles. The van der Waals surface area contributed by atoms with E-state index in [1.54, 1.807) is 11.3 Å². The van der Waals surface area contributed by atoms with E-state index in [0.717, 1.165) is 39.0 Å². The number of thiophene rings is 1. The van der Waals surface area contributed by atoms with Gasteiger partial charge in [-0.15, -0.1) is 23.7 Å². The van der Waals surface area contributed by atoms with Crippen molar-refractivity contribution in [1.82, 2.24) is 15.5 Å². The molecule has 3 rings (SSSR count). The molecule has 7 heteroatoms. The normalized spacial score (nSPS) is 19.7. The van der Waals surface area contributed by atoms with Crippen LogP contribution >= 0.6 is 23.7 Å². The molecule has 3 heterocycles. The van der Waals surface area contributed by atoms with Crippen LogP contribution in [0.4, 0.5) is 0 Å². The third kappa shape index (κ3) is 5.97. The van der Waals surface area contributed by atoms with Crippen LogP contribution in [-0.2, 0) is 22.6 Å². The predicted molar refractivity (Wildman–Crippen MR) is 103 cm³/mol. The number of nitrogens with one attached hydrogen (secondary N) is 2. The third-order valence-electron chi connectivity index (χ3n) is 5.00. The van der Waals surface area contributed by atoms with Gasteiger partial charge in [0.25, 0.3) is 0 Å². The maximum absolute atomic E-state index is 12.3. The summed E-state index contributed by atoms with van der Waals surface area (Å²) < 4.78 is 0. The lowest BCUT2D eigenvalue weighted by Crippen LogP contribution is -2.36. The van der Waals surface area contributed by atoms with Crippen molar-refractivity contribution in [3.63, 3.8) is 0 Å². The molecular weight excluding hydrogens is 358 g/mol. The minimum absolute atomic E-state index is 0. The fourth-order valence-corrected chi connectivity index (χ4v) is 4.40. The van der Waals surface area contributed by atoms with Crippen molar-refractivity contribution in [3.05, 3.63) is 21.9 Å². The number of carbonyl (C=O) groups excluding carboxylic acids is 2. The SMILES string of the molecule is Cl.O=C(CCC(=O)N1CCc2sccc2C1)NCCC1CCCNC1. The molecule has 0 aromatic carbocycles. The topological polar surface area (TPSA) is 61.4 Å². The van der Waals surface area contributed by atoms with Gasteiger partial charge in [0.05, 0.1) is 0 Å². The Hall–Kier alpha value is -1.11. The number of hydrogen-bond acceptors (Lipinski definition) is 4. The first-order chi connectivity index (χ1) is 11.7. The van der Waals surface area contributed by atoms with Gasteiger partial charge < -0.3 is 15.5 Å². The Morgan fingerprint density at radius 3 is 3.04 bits per heavy atom. The van der Waals surface area contributed by atoms with Crippen LogP contribution in [-0.4, -0.2) is 42.9 Å². The highest BCUT2D eigenvalue weighted by Crippen LogP contribution is 2.24. The van der Waals surface area contributed by atoms with Crippen molar-refractivity contribution in [2.75, 3.05) is 26.2 Å². The Balaban J connectivity index is 0.00000225. The maximum atomic E-state index is 12.3. The molecule has 0 aliphatic carbocycles. The van der Waals surface area contributed by atoms with Crippen molar-refractivity contribution in [2.45, 2.75) is 45.1 Å². The van der Waals surface area contributed by atoms with Gasteiger partial charge in [0, 0.05) is 37.4 Å². The Kier molecular flexibility index (Phi) is 8.19. The second-order valence-corrected chi connectivity index (χ2v) is 7.79. The molecule has 140 valence electrons. The predicted octanol–water partition coefficient (Wildman–Crippen LogP) is 2.34. The number of amides is 2. The highest BCUT2D eigenvalue weighted by Gasteiger charge is 2.21. The molecule has 0 radical (unpaired) electrons. The number of fused-ring (bicyclic) bond motifs is 1. The zero-order chi connectivity index (χ0) is 16.8. The van der Waals surface area contributed by atoms with Gasteiger partial charge in [-0.05, 0) is 61.7 Å². The Morgan fingerprint density at radius 2 is 2.24 bits per heavy atom. The van der Waals surface area contributed by atoms with Gasteiger partial charge in [-0.25, -0.2) is 0 Å². The standard InChI is InChI=1S/C18H27N3O2S.ClH/c22-17(20-9-5-14-2-1-8-19-12-14)3-4-18(23)21-10-6-16-15(13-21)7-11-24-16;/h7,11,14,19H,1-6,8-10,12-13H2,(H,20,22);1H. The average Bonchev–Trinajstić information content (AvgIpc) is 3.08. The molecule has 2 aliphatic rings. The van der Waals surface area contributed by atoms with Gasteiger partial charge in [0.15, 0.2) is 0 Å². The first-order valence-corrected chi connectivity index (χ1v) is 9.91. The van der Waals surface area contributed by atoms with E-state index >= 15 is 0 Å². The fourth-order valence-electron chi connectivity index (χ4n) is 3.51. The molecule has 1 aromatic rings. The van der Waals surface area contributed by atoms with Crippen LogP contribution in [0.2, 0.25) is 0 Å². The van der Waals surface area contributed by atoms with Crippen LogP contribution in [0.3, 0.4) is 0 Å².